The van der Waals surface area contributed by atoms with Crippen molar-refractivity contribution in [3.8, 4) is 100 Å². The summed E-state index contributed by atoms with van der Waals surface area (Å²) < 4.78 is 26.2. The van der Waals surface area contributed by atoms with Crippen molar-refractivity contribution < 1.29 is 18.9 Å². The van der Waals surface area contributed by atoms with Crippen molar-refractivity contribution in [1.29, 1.82) is 0 Å². The summed E-state index contributed by atoms with van der Waals surface area (Å²) >= 11 is 1.85. The second-order valence-electron chi connectivity index (χ2n) is 30.1. The van der Waals surface area contributed by atoms with Crippen LogP contribution in [0.25, 0.3) is 77.2 Å². The molecule has 0 aliphatic heterocycles. The fourth-order valence-electron chi connectivity index (χ4n) is 15.7. The van der Waals surface area contributed by atoms with Crippen molar-refractivity contribution in [3.63, 3.8) is 0 Å². The highest BCUT2D eigenvalue weighted by atomic mass is 32.1. The normalized spacial score (nSPS) is 14.8. The molecule has 8 aromatic carbocycles. The third-order valence-electron chi connectivity index (χ3n) is 22.7. The van der Waals surface area contributed by atoms with Gasteiger partial charge in [-0.1, -0.05) is 276 Å². The monoisotopic (exact) mass is 1380 g/mol. The molecule has 4 nitrogen and oxygen atoms in total. The molecule has 0 fully saturated rings. The van der Waals surface area contributed by atoms with Crippen molar-refractivity contribution in [1.82, 2.24) is 0 Å². The quantitative estimate of drug-likeness (QED) is 0.0357. The minimum atomic E-state index is -0.290. The molecule has 542 valence electrons. The summed E-state index contributed by atoms with van der Waals surface area (Å²) in [6, 6.07) is 70.5. The van der Waals surface area contributed by atoms with Gasteiger partial charge in [0.1, 0.15) is 23.0 Å². The first-order chi connectivity index (χ1) is 50.1. The van der Waals surface area contributed by atoms with Crippen LogP contribution in [-0.2, 0) is 5.41 Å². The first-order valence-corrected chi connectivity index (χ1v) is 41.5. The SMILES string of the molecule is CCCCCCC1(CC(CCCC)c2cc(-c3ccc(OCC(CC)CCCC)cc3)cc(-c3ccc(OCC(CC)CCCC)cc3)c2)c2cc(-c3cc(-c4ccc(OCC(CC)CCCC)cc4)cc(-c4ccc(OCC(CC)CCCC)cc4)c3)ccc2-c2ccc(-c3cccs3)cc21. The molecule has 5 heteroatoms. The largest absolute Gasteiger partial charge is 0.493 e. The topological polar surface area (TPSA) is 36.9 Å². The van der Waals surface area contributed by atoms with E-state index in [1.807, 2.05) is 11.3 Å². The van der Waals surface area contributed by atoms with Gasteiger partial charge in [-0.2, -0.15) is 0 Å². The smallest absolute Gasteiger partial charge is 0.119 e. The van der Waals surface area contributed by atoms with Gasteiger partial charge in [0.05, 0.1) is 26.4 Å². The van der Waals surface area contributed by atoms with Gasteiger partial charge in [-0.3, -0.25) is 0 Å². The second kappa shape index (κ2) is 40.1. The number of ether oxygens (including phenoxy) is 4. The molecule has 0 bridgehead atoms. The summed E-state index contributed by atoms with van der Waals surface area (Å²) in [5, 5.41) is 2.24. The molecular formula is C97H124O4S. The van der Waals surface area contributed by atoms with E-state index in [2.05, 4.69) is 257 Å². The summed E-state index contributed by atoms with van der Waals surface area (Å²) in [4.78, 5) is 1.32. The zero-order valence-corrected chi connectivity index (χ0v) is 65.1. The van der Waals surface area contributed by atoms with Crippen LogP contribution in [0.15, 0.2) is 187 Å². The van der Waals surface area contributed by atoms with Gasteiger partial charge in [0.2, 0.25) is 0 Å². The standard InChI is InChI=1S/C97H124O4S/c1-11-21-27-28-56-97(66-81(34-26-16-6)87-62-84(77-40-50-90(51-41-77)100-69-73(19-9)32-24-14-4)59-85(63-87)78-42-52-91(53-43-78)101-70-74(20-10)33-25-15-5)94-64-79(44-54-92(94)93-55-45-80(65-95(93)97)96-35-29-57-102-96)86-60-82(75-36-46-88(47-37-75)98-67-71(17-7)30-22-12-2)58-83(61-86)76-38-48-89(49-39-76)99-68-72(18-8)31-23-13-3/h29,35-55,57-65,71-74,81H,11-28,30-34,56,66-70H2,1-10H3. The van der Waals surface area contributed by atoms with E-state index >= 15 is 0 Å². The summed E-state index contributed by atoms with van der Waals surface area (Å²) in [6.07, 6.45) is 29.4. The summed E-state index contributed by atoms with van der Waals surface area (Å²) in [5.74, 6) is 6.29. The van der Waals surface area contributed by atoms with Gasteiger partial charge in [0, 0.05) is 10.3 Å². The zero-order valence-electron chi connectivity index (χ0n) is 64.3. The molecule has 1 aliphatic rings. The van der Waals surface area contributed by atoms with Crippen LogP contribution in [-0.4, -0.2) is 26.4 Å². The van der Waals surface area contributed by atoms with Gasteiger partial charge in [-0.05, 0) is 260 Å². The van der Waals surface area contributed by atoms with E-state index in [9.17, 15) is 0 Å². The van der Waals surface area contributed by atoms with Crippen LogP contribution < -0.4 is 18.9 Å². The zero-order chi connectivity index (χ0) is 71.5. The molecular weight excluding hydrogens is 1260 g/mol. The number of unbranched alkanes of at least 4 members (excludes halogenated alkanes) is 8. The van der Waals surface area contributed by atoms with E-state index in [1.54, 1.807) is 0 Å². The number of hydrogen-bond donors (Lipinski definition) is 0. The van der Waals surface area contributed by atoms with E-state index in [4.69, 9.17) is 18.9 Å². The average molecular weight is 1390 g/mol. The van der Waals surface area contributed by atoms with Gasteiger partial charge in [-0.15, -0.1) is 11.3 Å². The Balaban J connectivity index is 1.10. The van der Waals surface area contributed by atoms with Gasteiger partial charge in [0.25, 0.3) is 0 Å². The Morgan fingerprint density at radius 2 is 0.637 bits per heavy atom. The lowest BCUT2D eigenvalue weighted by Crippen LogP contribution is -2.28. The van der Waals surface area contributed by atoms with Gasteiger partial charge >= 0.3 is 0 Å². The highest BCUT2D eigenvalue weighted by molar-refractivity contribution is 7.13. The van der Waals surface area contributed by atoms with E-state index in [0.29, 0.717) is 23.7 Å². The van der Waals surface area contributed by atoms with Crippen molar-refractivity contribution in [2.75, 3.05) is 26.4 Å². The molecule has 6 atom stereocenters. The van der Waals surface area contributed by atoms with E-state index in [-0.39, 0.29) is 11.3 Å². The lowest BCUT2D eigenvalue weighted by Gasteiger charge is -2.37. The highest BCUT2D eigenvalue weighted by Crippen LogP contribution is 2.58. The molecule has 1 heterocycles. The molecule has 0 saturated carbocycles. The number of hydrogen-bond acceptors (Lipinski definition) is 5. The Morgan fingerprint density at radius 3 is 0.990 bits per heavy atom. The Hall–Kier alpha value is -7.34. The molecule has 102 heavy (non-hydrogen) atoms. The van der Waals surface area contributed by atoms with Gasteiger partial charge in [0.15, 0.2) is 0 Å². The maximum Gasteiger partial charge on any atom is 0.119 e. The lowest BCUT2D eigenvalue weighted by atomic mass is 9.66. The third-order valence-corrected chi connectivity index (χ3v) is 23.6. The Morgan fingerprint density at radius 1 is 0.304 bits per heavy atom. The first-order valence-electron chi connectivity index (χ1n) is 40.6. The van der Waals surface area contributed by atoms with Gasteiger partial charge in [-0.25, -0.2) is 0 Å². The fourth-order valence-corrected chi connectivity index (χ4v) is 16.5. The first kappa shape index (κ1) is 77.3. The van der Waals surface area contributed by atoms with Crippen LogP contribution in [0.4, 0.5) is 0 Å². The van der Waals surface area contributed by atoms with Crippen LogP contribution >= 0.6 is 11.3 Å². The third kappa shape index (κ3) is 20.8. The minimum absolute atomic E-state index is 0.248. The number of thiophene rings is 1. The maximum absolute atomic E-state index is 6.57. The van der Waals surface area contributed by atoms with Crippen LogP contribution in [0.1, 0.15) is 252 Å². The summed E-state index contributed by atoms with van der Waals surface area (Å²) in [6.45, 7) is 26.1. The predicted octanol–water partition coefficient (Wildman–Crippen LogP) is 29.7. The molecule has 0 spiro atoms. The van der Waals surface area contributed by atoms with E-state index in [1.165, 1.54) is 190 Å². The highest BCUT2D eigenvalue weighted by Gasteiger charge is 2.45. The molecule has 0 N–H and O–H groups in total. The number of fused-ring (bicyclic) bond motifs is 3. The fraction of sp³-hybridized carbons (Fsp3) is 0.464. The maximum atomic E-state index is 6.57. The molecule has 0 radical (unpaired) electrons. The van der Waals surface area contributed by atoms with Gasteiger partial charge < -0.3 is 18.9 Å². The average Bonchev–Trinajstić information content (AvgIpc) is 1.55. The molecule has 1 aromatic heterocycles. The van der Waals surface area contributed by atoms with Crippen LogP contribution in [0.2, 0.25) is 0 Å². The summed E-state index contributed by atoms with van der Waals surface area (Å²) in [5.41, 5.74) is 20.3. The molecule has 1 aliphatic carbocycles. The van der Waals surface area contributed by atoms with Crippen molar-refractivity contribution >= 4 is 11.3 Å². The summed E-state index contributed by atoms with van der Waals surface area (Å²) in [7, 11) is 0. The second-order valence-corrected chi connectivity index (χ2v) is 31.0. The van der Waals surface area contributed by atoms with Crippen molar-refractivity contribution in [2.45, 2.75) is 241 Å². The molecule has 10 rings (SSSR count). The number of rotatable bonds is 45. The van der Waals surface area contributed by atoms with Crippen molar-refractivity contribution in [3.05, 3.63) is 204 Å². The number of benzene rings is 8. The Labute approximate surface area is 621 Å². The molecule has 0 amide bonds. The minimum Gasteiger partial charge on any atom is -0.493 e. The molecule has 0 saturated heterocycles. The van der Waals surface area contributed by atoms with Crippen LogP contribution in [0.5, 0.6) is 23.0 Å². The molecule has 9 aromatic rings. The lowest BCUT2D eigenvalue weighted by molar-refractivity contribution is 0.233. The Bertz CT molecular complexity index is 3740. The van der Waals surface area contributed by atoms with E-state index in [0.717, 1.165) is 114 Å². The van der Waals surface area contributed by atoms with Crippen molar-refractivity contribution in [2.24, 2.45) is 23.7 Å². The van der Waals surface area contributed by atoms with Crippen LogP contribution in [0.3, 0.4) is 0 Å². The van der Waals surface area contributed by atoms with Crippen LogP contribution in [0, 0.1) is 23.7 Å². The predicted molar refractivity (Wildman–Crippen MR) is 440 cm³/mol. The molecule has 6 unspecified atom stereocenters. The van der Waals surface area contributed by atoms with E-state index < -0.39 is 0 Å². The Kier molecular flexibility index (Phi) is 30.4.